The Hall–Kier alpha value is -1.96. The number of aliphatic hydroxyl groups excluding tert-OH is 1. The summed E-state index contributed by atoms with van der Waals surface area (Å²) in [7, 11) is 4.23. The van der Waals surface area contributed by atoms with Crippen LogP contribution in [0.4, 0.5) is 0 Å². The summed E-state index contributed by atoms with van der Waals surface area (Å²) in [6, 6.07) is 6.00. The van der Waals surface area contributed by atoms with Crippen molar-refractivity contribution in [2.75, 3.05) is 40.3 Å². The fraction of sp³-hybridized carbons (Fsp3) is 0.500. The molecule has 7 heteroatoms. The van der Waals surface area contributed by atoms with Crippen molar-refractivity contribution >= 4 is 28.2 Å². The van der Waals surface area contributed by atoms with Gasteiger partial charge in [-0.15, -0.1) is 0 Å². The quantitative estimate of drug-likeness (QED) is 0.386. The van der Waals surface area contributed by atoms with Gasteiger partial charge < -0.3 is 25.2 Å². The van der Waals surface area contributed by atoms with E-state index in [2.05, 4.69) is 30.5 Å². The molecule has 27 heavy (non-hydrogen) atoms. The number of nitrogens with one attached hydrogen (secondary N) is 3. The SMILES string of the molecule is Cc1ccc2cc(CN(CCO)C(=S)NCCC[NH+](C)C)c(=O)[nH]c2c1C. The number of aromatic nitrogens is 1. The largest absolute Gasteiger partial charge is 0.395 e. The number of fused-ring (bicyclic) bond motifs is 1. The van der Waals surface area contributed by atoms with Crippen LogP contribution in [0.2, 0.25) is 0 Å². The monoisotopic (exact) mass is 391 g/mol. The Morgan fingerprint density at radius 1 is 1.33 bits per heavy atom. The minimum atomic E-state index is -0.113. The van der Waals surface area contributed by atoms with E-state index in [1.54, 1.807) is 0 Å². The van der Waals surface area contributed by atoms with Crippen molar-refractivity contribution in [2.24, 2.45) is 0 Å². The Kier molecular flexibility index (Phi) is 7.77. The molecule has 0 saturated heterocycles. The molecule has 0 atom stereocenters. The first-order valence-electron chi connectivity index (χ1n) is 9.38. The zero-order chi connectivity index (χ0) is 20.0. The van der Waals surface area contributed by atoms with Gasteiger partial charge in [0.25, 0.3) is 5.56 Å². The molecule has 0 amide bonds. The van der Waals surface area contributed by atoms with Crippen LogP contribution in [0, 0.1) is 13.8 Å². The maximum Gasteiger partial charge on any atom is 0.253 e. The summed E-state index contributed by atoms with van der Waals surface area (Å²) in [6.07, 6.45) is 1.00. The average molecular weight is 392 g/mol. The Morgan fingerprint density at radius 3 is 2.74 bits per heavy atom. The summed E-state index contributed by atoms with van der Waals surface area (Å²) < 4.78 is 0. The molecule has 0 fully saturated rings. The zero-order valence-electron chi connectivity index (χ0n) is 16.7. The first-order valence-corrected chi connectivity index (χ1v) is 9.79. The fourth-order valence-corrected chi connectivity index (χ4v) is 3.27. The van der Waals surface area contributed by atoms with Crippen LogP contribution in [0.15, 0.2) is 23.0 Å². The molecule has 0 spiro atoms. The summed E-state index contributed by atoms with van der Waals surface area (Å²) in [4.78, 5) is 18.8. The smallest absolute Gasteiger partial charge is 0.253 e. The van der Waals surface area contributed by atoms with Gasteiger partial charge in [-0.2, -0.15) is 0 Å². The number of H-pyrrole nitrogens is 1. The summed E-state index contributed by atoms with van der Waals surface area (Å²) in [6.45, 7) is 6.61. The third-order valence-electron chi connectivity index (χ3n) is 4.78. The normalized spacial score (nSPS) is 11.2. The van der Waals surface area contributed by atoms with Gasteiger partial charge in [0.05, 0.1) is 39.3 Å². The van der Waals surface area contributed by atoms with Crippen LogP contribution in [0.25, 0.3) is 10.9 Å². The van der Waals surface area contributed by atoms with Crippen molar-refractivity contribution in [3.63, 3.8) is 0 Å². The lowest BCUT2D eigenvalue weighted by molar-refractivity contribution is -0.858. The molecule has 148 valence electrons. The highest BCUT2D eigenvalue weighted by Crippen LogP contribution is 2.19. The van der Waals surface area contributed by atoms with Crippen molar-refractivity contribution < 1.29 is 10.0 Å². The third kappa shape index (κ3) is 5.76. The van der Waals surface area contributed by atoms with Crippen LogP contribution in [0.5, 0.6) is 0 Å². The highest BCUT2D eigenvalue weighted by Gasteiger charge is 2.13. The molecule has 0 aliphatic rings. The van der Waals surface area contributed by atoms with Gasteiger partial charge in [0.1, 0.15) is 0 Å². The molecule has 4 N–H and O–H groups in total. The van der Waals surface area contributed by atoms with E-state index >= 15 is 0 Å². The fourth-order valence-electron chi connectivity index (χ4n) is 3.02. The summed E-state index contributed by atoms with van der Waals surface area (Å²) in [5.41, 5.74) is 3.64. The van der Waals surface area contributed by atoms with Crippen LogP contribution in [0.1, 0.15) is 23.1 Å². The molecule has 1 aromatic carbocycles. The van der Waals surface area contributed by atoms with E-state index in [0.29, 0.717) is 23.8 Å². The number of quaternary nitrogens is 1. The second-order valence-electron chi connectivity index (χ2n) is 7.28. The first kappa shape index (κ1) is 21.3. The number of hydrogen-bond donors (Lipinski definition) is 4. The van der Waals surface area contributed by atoms with Crippen molar-refractivity contribution in [3.8, 4) is 0 Å². The first-order chi connectivity index (χ1) is 12.8. The second-order valence-corrected chi connectivity index (χ2v) is 7.67. The molecule has 1 aromatic heterocycles. The van der Waals surface area contributed by atoms with Gasteiger partial charge in [-0.1, -0.05) is 12.1 Å². The molecule has 0 saturated carbocycles. The number of rotatable bonds is 8. The number of hydrogen-bond acceptors (Lipinski definition) is 3. The summed E-state index contributed by atoms with van der Waals surface area (Å²) >= 11 is 5.48. The van der Waals surface area contributed by atoms with Crippen molar-refractivity contribution in [1.29, 1.82) is 0 Å². The van der Waals surface area contributed by atoms with Crippen LogP contribution < -0.4 is 15.8 Å². The Morgan fingerprint density at radius 2 is 2.07 bits per heavy atom. The third-order valence-corrected chi connectivity index (χ3v) is 5.18. The maximum absolute atomic E-state index is 12.6. The van der Waals surface area contributed by atoms with E-state index in [9.17, 15) is 9.90 Å². The van der Waals surface area contributed by atoms with Crippen LogP contribution >= 0.6 is 12.2 Å². The number of aromatic amines is 1. The predicted octanol–water partition coefficient (Wildman–Crippen LogP) is 0.348. The van der Waals surface area contributed by atoms with Gasteiger partial charge in [-0.05, 0) is 48.6 Å². The Balaban J connectivity index is 2.15. The highest BCUT2D eigenvalue weighted by molar-refractivity contribution is 7.80. The summed E-state index contributed by atoms with van der Waals surface area (Å²) in [5, 5.41) is 14.2. The standard InChI is InChI=1S/C20H30N4O2S/c1-14-6-7-16-12-17(19(26)22-18(16)15(14)2)13-24(10-11-25)20(27)21-8-5-9-23(3)4/h6-7,12,25H,5,8-11,13H2,1-4H3,(H,21,27)(H,22,26)/p+1. The Bertz CT molecular complexity index is 848. The highest BCUT2D eigenvalue weighted by atomic mass is 32.1. The zero-order valence-corrected chi connectivity index (χ0v) is 17.5. The molecule has 2 aromatic rings. The minimum absolute atomic E-state index is 0.0204. The summed E-state index contributed by atoms with van der Waals surface area (Å²) in [5.74, 6) is 0. The topological polar surface area (TPSA) is 72.8 Å². The van der Waals surface area contributed by atoms with Crippen molar-refractivity contribution in [2.45, 2.75) is 26.8 Å². The molecule has 0 aliphatic heterocycles. The maximum atomic E-state index is 12.6. The number of thiocarbonyl (C=S) groups is 1. The van der Waals surface area contributed by atoms with Gasteiger partial charge >= 0.3 is 0 Å². The van der Waals surface area contributed by atoms with E-state index in [0.717, 1.165) is 41.5 Å². The molecule has 1 heterocycles. The lowest BCUT2D eigenvalue weighted by Gasteiger charge is -2.25. The van der Waals surface area contributed by atoms with Gasteiger partial charge in [0.15, 0.2) is 5.11 Å². The number of aliphatic hydroxyl groups is 1. The molecular formula is C20H31N4O2S+. The van der Waals surface area contributed by atoms with E-state index < -0.39 is 0 Å². The van der Waals surface area contributed by atoms with Gasteiger partial charge in [0.2, 0.25) is 0 Å². The lowest BCUT2D eigenvalue weighted by Crippen LogP contribution is -3.05. The number of benzene rings is 1. The second kappa shape index (κ2) is 9.82. The number of pyridine rings is 1. The Labute approximate surface area is 166 Å². The van der Waals surface area contributed by atoms with E-state index in [4.69, 9.17) is 12.2 Å². The molecule has 6 nitrogen and oxygen atoms in total. The molecule has 0 unspecified atom stereocenters. The van der Waals surface area contributed by atoms with Gasteiger partial charge in [0, 0.05) is 25.1 Å². The number of aryl methyl sites for hydroxylation is 2. The van der Waals surface area contributed by atoms with E-state index in [1.165, 1.54) is 4.90 Å². The van der Waals surface area contributed by atoms with E-state index in [-0.39, 0.29) is 12.2 Å². The average Bonchev–Trinajstić information content (AvgIpc) is 2.62. The van der Waals surface area contributed by atoms with Gasteiger partial charge in [-0.3, -0.25) is 4.79 Å². The number of nitrogens with zero attached hydrogens (tertiary/aromatic N) is 1. The lowest BCUT2D eigenvalue weighted by atomic mass is 10.0. The van der Waals surface area contributed by atoms with Crippen molar-refractivity contribution in [1.82, 2.24) is 15.2 Å². The van der Waals surface area contributed by atoms with Crippen LogP contribution in [-0.4, -0.2) is 60.4 Å². The predicted molar refractivity (Wildman–Crippen MR) is 114 cm³/mol. The van der Waals surface area contributed by atoms with Crippen LogP contribution in [-0.2, 0) is 6.54 Å². The molecule has 0 aliphatic carbocycles. The molecular weight excluding hydrogens is 360 g/mol. The van der Waals surface area contributed by atoms with Crippen molar-refractivity contribution in [3.05, 3.63) is 45.2 Å². The van der Waals surface area contributed by atoms with E-state index in [1.807, 2.05) is 30.9 Å². The molecule has 2 rings (SSSR count). The van der Waals surface area contributed by atoms with Crippen LogP contribution in [0.3, 0.4) is 0 Å². The van der Waals surface area contributed by atoms with Gasteiger partial charge in [-0.25, -0.2) is 0 Å². The minimum Gasteiger partial charge on any atom is -0.395 e. The molecule has 0 radical (unpaired) electrons. The molecule has 0 bridgehead atoms.